The number of nitriles is 1. The molecule has 10 heteroatoms. The van der Waals surface area contributed by atoms with Crippen LogP contribution in [0.4, 0.5) is 16.3 Å². The summed E-state index contributed by atoms with van der Waals surface area (Å²) in [6.07, 6.45) is 4.72. The van der Waals surface area contributed by atoms with Gasteiger partial charge in [-0.2, -0.15) is 10.2 Å². The van der Waals surface area contributed by atoms with Crippen molar-refractivity contribution in [2.45, 2.75) is 83.1 Å². The van der Waals surface area contributed by atoms with Crippen molar-refractivity contribution >= 4 is 44.3 Å². The van der Waals surface area contributed by atoms with Gasteiger partial charge >= 0.3 is 6.09 Å². The van der Waals surface area contributed by atoms with Crippen LogP contribution in [-0.2, 0) is 17.7 Å². The topological polar surface area (TPSA) is 85.2 Å². The van der Waals surface area contributed by atoms with E-state index in [-0.39, 0.29) is 18.2 Å². The summed E-state index contributed by atoms with van der Waals surface area (Å²) in [6, 6.07) is 15.8. The molecule has 9 nitrogen and oxygen atoms in total. The minimum Gasteiger partial charge on any atom is -0.475 e. The number of likely N-dealkylation sites (N-methyl/N-ethyl adjacent to an activating group) is 1. The van der Waals surface area contributed by atoms with Crippen LogP contribution in [0.15, 0.2) is 40.9 Å². The van der Waals surface area contributed by atoms with Crippen molar-refractivity contribution in [1.29, 1.82) is 5.26 Å². The lowest BCUT2D eigenvalue weighted by atomic mass is 9.94. The number of carbonyl (C=O) groups is 1. The molecule has 7 rings (SSSR count). The molecule has 0 spiro atoms. The van der Waals surface area contributed by atoms with E-state index in [1.807, 2.05) is 25.7 Å². The van der Waals surface area contributed by atoms with E-state index in [9.17, 15) is 10.1 Å². The largest absolute Gasteiger partial charge is 0.475 e. The number of ether oxygens (including phenoxy) is 2. The summed E-state index contributed by atoms with van der Waals surface area (Å²) in [5.74, 6) is 1.37. The van der Waals surface area contributed by atoms with Crippen LogP contribution in [0.25, 0.3) is 10.8 Å². The van der Waals surface area contributed by atoms with Gasteiger partial charge in [-0.1, -0.05) is 40.2 Å². The van der Waals surface area contributed by atoms with E-state index in [1.165, 1.54) is 10.8 Å². The zero-order valence-corrected chi connectivity index (χ0v) is 28.8. The van der Waals surface area contributed by atoms with Crippen LogP contribution in [0, 0.1) is 11.3 Å². The highest BCUT2D eigenvalue weighted by atomic mass is 79.9. The van der Waals surface area contributed by atoms with Crippen molar-refractivity contribution in [2.75, 3.05) is 49.6 Å². The van der Waals surface area contributed by atoms with Crippen LogP contribution in [0.1, 0.15) is 63.1 Å². The fourth-order valence-corrected chi connectivity index (χ4v) is 8.44. The summed E-state index contributed by atoms with van der Waals surface area (Å²) in [5.41, 5.74) is 3.31. The van der Waals surface area contributed by atoms with Crippen molar-refractivity contribution in [2.24, 2.45) is 0 Å². The first kappa shape index (κ1) is 31.1. The lowest BCUT2D eigenvalue weighted by molar-refractivity contribution is 0.0209. The maximum absolute atomic E-state index is 13.1. The second kappa shape index (κ2) is 12.2. The standard InChI is InChI=1S/C36H43BrN6O3/c1-36(2,3)46-35(44)42-19-24-13-14-25(20-42)43(24)33-27-15-17-41(31-12-6-9-23-8-5-11-30(37)32(23)31)21-29(27)28(18-38)34(39-33)45-22-26-10-7-16-40(26)4/h5-6,8-9,11-12,24-26H,7,10,13-17,19-22H2,1-4H3/t24-,25+,26-/m0/s1. The second-order valence-corrected chi connectivity index (χ2v) is 15.1. The van der Waals surface area contributed by atoms with Gasteiger partial charge in [0, 0.05) is 71.0 Å². The SMILES string of the molecule is CN1CCC[C@H]1COc1nc(N2[C@@H]3CC[C@H]2CN(C(=O)OC(C)(C)C)C3)c2c(c1C#N)CN(c1cccc3cccc(Br)c13)CC2. The summed E-state index contributed by atoms with van der Waals surface area (Å²) in [7, 11) is 2.14. The average Bonchev–Trinajstić information content (AvgIpc) is 3.55. The van der Waals surface area contributed by atoms with Gasteiger partial charge in [0.1, 0.15) is 29.7 Å². The number of benzene rings is 2. The summed E-state index contributed by atoms with van der Waals surface area (Å²) >= 11 is 3.80. The molecule has 242 valence electrons. The molecule has 5 heterocycles. The fourth-order valence-electron chi connectivity index (χ4n) is 7.86. The van der Waals surface area contributed by atoms with E-state index in [0.29, 0.717) is 43.7 Å². The smallest absolute Gasteiger partial charge is 0.410 e. The molecule has 0 aliphatic carbocycles. The molecule has 0 radical (unpaired) electrons. The third kappa shape index (κ3) is 5.77. The average molecular weight is 688 g/mol. The highest BCUT2D eigenvalue weighted by Crippen LogP contribution is 2.43. The number of hydrogen-bond acceptors (Lipinski definition) is 8. The van der Waals surface area contributed by atoms with Gasteiger partial charge in [-0.3, -0.25) is 0 Å². The molecule has 3 atom stereocenters. The van der Waals surface area contributed by atoms with Gasteiger partial charge in [0.25, 0.3) is 0 Å². The fraction of sp³-hybridized carbons (Fsp3) is 0.528. The van der Waals surface area contributed by atoms with Gasteiger partial charge in [-0.15, -0.1) is 0 Å². The van der Waals surface area contributed by atoms with Crippen molar-refractivity contribution in [3.05, 3.63) is 57.6 Å². The Kier molecular flexibility index (Phi) is 8.26. The first-order valence-electron chi connectivity index (χ1n) is 16.6. The summed E-state index contributed by atoms with van der Waals surface area (Å²) in [6.45, 7) is 9.91. The first-order chi connectivity index (χ1) is 22.1. The third-order valence-electron chi connectivity index (χ3n) is 10.1. The number of nitrogens with zero attached hydrogens (tertiary/aromatic N) is 6. The lowest BCUT2D eigenvalue weighted by Gasteiger charge is -2.43. The Morgan fingerprint density at radius 3 is 2.48 bits per heavy atom. The van der Waals surface area contributed by atoms with Crippen molar-refractivity contribution in [1.82, 2.24) is 14.8 Å². The Morgan fingerprint density at radius 1 is 1.07 bits per heavy atom. The molecule has 0 saturated carbocycles. The number of pyridine rings is 1. The Balaban J connectivity index is 1.26. The minimum atomic E-state index is -0.536. The zero-order valence-electron chi connectivity index (χ0n) is 27.3. The molecule has 1 aromatic heterocycles. The quantitative estimate of drug-likeness (QED) is 0.301. The molecule has 0 N–H and O–H groups in total. The first-order valence-corrected chi connectivity index (χ1v) is 17.4. The molecule has 2 bridgehead atoms. The summed E-state index contributed by atoms with van der Waals surface area (Å²) in [5, 5.41) is 13.0. The van der Waals surface area contributed by atoms with E-state index >= 15 is 0 Å². The number of hydrogen-bond donors (Lipinski definition) is 0. The van der Waals surface area contributed by atoms with Gasteiger partial charge in [0.15, 0.2) is 0 Å². The van der Waals surface area contributed by atoms with E-state index in [1.54, 1.807) is 0 Å². The van der Waals surface area contributed by atoms with E-state index < -0.39 is 5.60 Å². The monoisotopic (exact) mass is 686 g/mol. The molecule has 46 heavy (non-hydrogen) atoms. The van der Waals surface area contributed by atoms with Gasteiger partial charge in [0.05, 0.1) is 0 Å². The number of aromatic nitrogens is 1. The van der Waals surface area contributed by atoms with Crippen molar-refractivity contribution < 1.29 is 14.3 Å². The number of halogens is 1. The van der Waals surface area contributed by atoms with E-state index in [0.717, 1.165) is 72.3 Å². The van der Waals surface area contributed by atoms with Gasteiger partial charge in [-0.05, 0) is 84.0 Å². The Morgan fingerprint density at radius 2 is 1.80 bits per heavy atom. The lowest BCUT2D eigenvalue weighted by Crippen LogP contribution is -2.56. The maximum Gasteiger partial charge on any atom is 0.410 e. The normalized spacial score (nSPS) is 23.0. The predicted octanol–water partition coefficient (Wildman–Crippen LogP) is 6.49. The van der Waals surface area contributed by atoms with E-state index in [4.69, 9.17) is 14.5 Å². The predicted molar refractivity (Wildman–Crippen MR) is 184 cm³/mol. The summed E-state index contributed by atoms with van der Waals surface area (Å²) in [4.78, 5) is 27.3. The van der Waals surface area contributed by atoms with Crippen molar-refractivity contribution in [3.63, 3.8) is 0 Å². The number of anilines is 2. The molecule has 2 aromatic carbocycles. The zero-order chi connectivity index (χ0) is 32.2. The Bertz CT molecular complexity index is 1680. The number of fused-ring (bicyclic) bond motifs is 4. The number of piperazine rings is 1. The van der Waals surface area contributed by atoms with Crippen LogP contribution in [-0.4, -0.2) is 84.4 Å². The number of carbonyl (C=O) groups excluding carboxylic acids is 1. The van der Waals surface area contributed by atoms with Crippen LogP contribution in [0.2, 0.25) is 0 Å². The number of likely N-dealkylation sites (tertiary alicyclic amines) is 2. The maximum atomic E-state index is 13.1. The van der Waals surface area contributed by atoms with Crippen LogP contribution in [0.5, 0.6) is 5.88 Å². The molecule has 0 unspecified atom stereocenters. The Labute approximate surface area is 280 Å². The molecule has 4 aliphatic heterocycles. The van der Waals surface area contributed by atoms with Crippen molar-refractivity contribution in [3.8, 4) is 11.9 Å². The number of rotatable bonds is 5. The minimum absolute atomic E-state index is 0.136. The van der Waals surface area contributed by atoms with Gasteiger partial charge in [-0.25, -0.2) is 4.79 Å². The molecular formula is C36H43BrN6O3. The van der Waals surface area contributed by atoms with Crippen LogP contribution < -0.4 is 14.5 Å². The number of amides is 1. The highest BCUT2D eigenvalue weighted by molar-refractivity contribution is 9.10. The molecule has 4 aliphatic rings. The molecule has 3 aromatic rings. The molecule has 3 fully saturated rings. The van der Waals surface area contributed by atoms with Gasteiger partial charge < -0.3 is 29.1 Å². The van der Waals surface area contributed by atoms with E-state index in [2.05, 4.69) is 80.1 Å². The molecular weight excluding hydrogens is 644 g/mol. The van der Waals surface area contributed by atoms with Crippen LogP contribution in [0.3, 0.4) is 0 Å². The highest BCUT2D eigenvalue weighted by Gasteiger charge is 2.45. The Hall–Kier alpha value is -3.55. The molecule has 1 amide bonds. The summed E-state index contributed by atoms with van der Waals surface area (Å²) < 4.78 is 13.3. The van der Waals surface area contributed by atoms with Crippen LogP contribution >= 0.6 is 15.9 Å². The molecule has 3 saturated heterocycles. The third-order valence-corrected chi connectivity index (χ3v) is 10.7. The van der Waals surface area contributed by atoms with Gasteiger partial charge in [0.2, 0.25) is 5.88 Å². The second-order valence-electron chi connectivity index (χ2n) is 14.2.